The summed E-state index contributed by atoms with van der Waals surface area (Å²) in [6, 6.07) is 6.37. The molecular formula is C12H10FIO2S. The highest BCUT2D eigenvalue weighted by Gasteiger charge is 2.14. The van der Waals surface area contributed by atoms with Crippen LogP contribution in [0.2, 0.25) is 0 Å². The summed E-state index contributed by atoms with van der Waals surface area (Å²) in [7, 11) is 1.41. The number of methoxy groups -OCH3 is 1. The van der Waals surface area contributed by atoms with Crippen LogP contribution in [0, 0.1) is 8.70 Å². The average Bonchev–Trinajstić information content (AvgIpc) is 2.75. The number of halogens is 2. The van der Waals surface area contributed by atoms with Crippen molar-refractivity contribution in [1.29, 1.82) is 0 Å². The van der Waals surface area contributed by atoms with E-state index in [2.05, 4.69) is 22.6 Å². The van der Waals surface area contributed by atoms with Crippen LogP contribution in [-0.4, -0.2) is 12.2 Å². The number of thiophene rings is 1. The Morgan fingerprint density at radius 3 is 2.65 bits per heavy atom. The summed E-state index contributed by atoms with van der Waals surface area (Å²) >= 11 is 3.73. The molecule has 1 N–H and O–H groups in total. The minimum absolute atomic E-state index is 0.181. The Morgan fingerprint density at radius 2 is 2.12 bits per heavy atom. The summed E-state index contributed by atoms with van der Waals surface area (Å²) < 4.78 is 19.4. The van der Waals surface area contributed by atoms with Crippen molar-refractivity contribution in [1.82, 2.24) is 0 Å². The molecule has 0 saturated carbocycles. The zero-order chi connectivity index (χ0) is 12.4. The van der Waals surface area contributed by atoms with Crippen molar-refractivity contribution in [3.63, 3.8) is 0 Å². The molecule has 17 heavy (non-hydrogen) atoms. The first-order valence-corrected chi connectivity index (χ1v) is 6.83. The first-order valence-electron chi connectivity index (χ1n) is 4.87. The van der Waals surface area contributed by atoms with Crippen molar-refractivity contribution in [3.8, 4) is 5.75 Å². The molecule has 5 heteroatoms. The molecule has 2 rings (SSSR count). The van der Waals surface area contributed by atoms with E-state index in [-0.39, 0.29) is 5.75 Å². The predicted molar refractivity (Wildman–Crippen MR) is 74.0 cm³/mol. The second-order valence-electron chi connectivity index (χ2n) is 3.48. The van der Waals surface area contributed by atoms with Gasteiger partial charge in [-0.1, -0.05) is 6.07 Å². The van der Waals surface area contributed by atoms with Gasteiger partial charge in [0.2, 0.25) is 0 Å². The van der Waals surface area contributed by atoms with Gasteiger partial charge >= 0.3 is 0 Å². The van der Waals surface area contributed by atoms with Gasteiger partial charge in [0.25, 0.3) is 0 Å². The van der Waals surface area contributed by atoms with Crippen molar-refractivity contribution in [2.24, 2.45) is 0 Å². The van der Waals surface area contributed by atoms with Gasteiger partial charge in [0, 0.05) is 0 Å². The van der Waals surface area contributed by atoms with E-state index in [1.54, 1.807) is 17.4 Å². The summed E-state index contributed by atoms with van der Waals surface area (Å²) in [5, 5.41) is 12.0. The van der Waals surface area contributed by atoms with Crippen LogP contribution >= 0.6 is 33.9 Å². The minimum Gasteiger partial charge on any atom is -0.494 e. The van der Waals surface area contributed by atoms with Gasteiger partial charge in [-0.3, -0.25) is 0 Å². The van der Waals surface area contributed by atoms with Gasteiger partial charge in [-0.05, 0) is 57.3 Å². The van der Waals surface area contributed by atoms with Crippen LogP contribution in [0.4, 0.5) is 4.39 Å². The number of hydrogen-bond donors (Lipinski definition) is 1. The molecule has 1 atom stereocenters. The van der Waals surface area contributed by atoms with E-state index in [0.717, 1.165) is 8.45 Å². The third-order valence-electron chi connectivity index (χ3n) is 2.40. The lowest BCUT2D eigenvalue weighted by Gasteiger charge is -2.10. The maximum Gasteiger partial charge on any atom is 0.165 e. The van der Waals surface area contributed by atoms with Gasteiger partial charge in [0.15, 0.2) is 11.6 Å². The van der Waals surface area contributed by atoms with Crippen LogP contribution in [0.15, 0.2) is 29.6 Å². The molecule has 90 valence electrons. The fourth-order valence-corrected chi connectivity index (χ4v) is 2.90. The molecule has 0 saturated heterocycles. The van der Waals surface area contributed by atoms with E-state index in [0.29, 0.717) is 5.56 Å². The largest absolute Gasteiger partial charge is 0.494 e. The Hall–Kier alpha value is -0.660. The molecule has 1 unspecified atom stereocenters. The molecule has 0 fully saturated rings. The van der Waals surface area contributed by atoms with E-state index in [9.17, 15) is 9.50 Å². The number of aliphatic hydroxyl groups excluding tert-OH is 1. The first kappa shape index (κ1) is 12.8. The van der Waals surface area contributed by atoms with Gasteiger partial charge in [-0.2, -0.15) is 0 Å². The Morgan fingerprint density at radius 1 is 1.35 bits per heavy atom. The third kappa shape index (κ3) is 2.78. The van der Waals surface area contributed by atoms with Crippen LogP contribution in [-0.2, 0) is 0 Å². The van der Waals surface area contributed by atoms with Crippen molar-refractivity contribution >= 4 is 33.9 Å². The zero-order valence-corrected chi connectivity index (χ0v) is 12.0. The third-order valence-corrected chi connectivity index (χ3v) is 4.20. The molecule has 2 nitrogen and oxygen atoms in total. The van der Waals surface area contributed by atoms with Crippen LogP contribution in [0.3, 0.4) is 0 Å². The second kappa shape index (κ2) is 5.32. The number of aliphatic hydroxyl groups is 1. The van der Waals surface area contributed by atoms with Gasteiger partial charge in [-0.25, -0.2) is 4.39 Å². The molecule has 0 spiro atoms. The molecule has 0 aliphatic heterocycles. The highest BCUT2D eigenvalue weighted by atomic mass is 127. The Labute approximate surface area is 116 Å². The van der Waals surface area contributed by atoms with Gasteiger partial charge in [0.1, 0.15) is 6.10 Å². The van der Waals surface area contributed by atoms with E-state index < -0.39 is 11.9 Å². The molecule has 1 aromatic carbocycles. The fraction of sp³-hybridized carbons (Fsp3) is 0.167. The number of hydrogen-bond acceptors (Lipinski definition) is 3. The summed E-state index contributed by atoms with van der Waals surface area (Å²) in [5.74, 6) is -0.283. The van der Waals surface area contributed by atoms with Crippen molar-refractivity contribution in [2.75, 3.05) is 7.11 Å². The Kier molecular flexibility index (Phi) is 4.01. The smallest absolute Gasteiger partial charge is 0.165 e. The molecule has 0 bridgehead atoms. The first-order chi connectivity index (χ1) is 8.11. The van der Waals surface area contributed by atoms with Crippen molar-refractivity contribution < 1.29 is 14.2 Å². The van der Waals surface area contributed by atoms with E-state index in [4.69, 9.17) is 4.74 Å². The minimum atomic E-state index is -0.796. The molecule has 0 radical (unpaired) electrons. The van der Waals surface area contributed by atoms with Gasteiger partial charge < -0.3 is 9.84 Å². The van der Waals surface area contributed by atoms with Crippen molar-refractivity contribution in [2.45, 2.75) is 6.10 Å². The normalized spacial score (nSPS) is 12.5. The summed E-state index contributed by atoms with van der Waals surface area (Å²) in [6.45, 7) is 0. The monoisotopic (exact) mass is 364 g/mol. The SMILES string of the molecule is COc1ccc(C(O)c2csc(I)c2)cc1F. The summed E-state index contributed by atoms with van der Waals surface area (Å²) in [4.78, 5) is 0. The molecule has 1 aromatic heterocycles. The number of benzene rings is 1. The van der Waals surface area contributed by atoms with E-state index in [1.807, 2.05) is 11.4 Å². The lowest BCUT2D eigenvalue weighted by Crippen LogP contribution is -1.99. The predicted octanol–water partition coefficient (Wildman–Crippen LogP) is 3.58. The van der Waals surface area contributed by atoms with Crippen LogP contribution in [0.1, 0.15) is 17.2 Å². The summed E-state index contributed by atoms with van der Waals surface area (Å²) in [6.07, 6.45) is -0.796. The van der Waals surface area contributed by atoms with E-state index in [1.165, 1.54) is 19.2 Å². The highest BCUT2D eigenvalue weighted by molar-refractivity contribution is 14.1. The van der Waals surface area contributed by atoms with E-state index >= 15 is 0 Å². The summed E-state index contributed by atoms with van der Waals surface area (Å²) in [5.41, 5.74) is 1.31. The molecule has 0 aliphatic rings. The fourth-order valence-electron chi connectivity index (χ4n) is 1.51. The maximum atomic E-state index is 13.5. The molecule has 2 aromatic rings. The lowest BCUT2D eigenvalue weighted by molar-refractivity contribution is 0.220. The molecule has 1 heterocycles. The topological polar surface area (TPSA) is 29.5 Å². The molecular weight excluding hydrogens is 354 g/mol. The van der Waals surface area contributed by atoms with Gasteiger partial charge in [-0.15, -0.1) is 11.3 Å². The van der Waals surface area contributed by atoms with Crippen molar-refractivity contribution in [3.05, 3.63) is 49.5 Å². The van der Waals surface area contributed by atoms with Crippen LogP contribution < -0.4 is 4.74 Å². The van der Waals surface area contributed by atoms with Gasteiger partial charge in [0.05, 0.1) is 9.99 Å². The number of ether oxygens (including phenoxy) is 1. The Bertz CT molecular complexity index is 527. The van der Waals surface area contributed by atoms with Crippen LogP contribution in [0.25, 0.3) is 0 Å². The molecule has 0 amide bonds. The van der Waals surface area contributed by atoms with Crippen LogP contribution in [0.5, 0.6) is 5.75 Å². The second-order valence-corrected chi connectivity index (χ2v) is 6.29. The lowest BCUT2D eigenvalue weighted by atomic mass is 10.0. The average molecular weight is 364 g/mol. The standard InChI is InChI=1S/C12H10FIO2S/c1-16-10-3-2-7(4-9(10)13)12(15)8-5-11(14)17-6-8/h2-6,12,15H,1H3. The Balaban J connectivity index is 2.31. The number of rotatable bonds is 3. The zero-order valence-electron chi connectivity index (χ0n) is 8.98. The quantitative estimate of drug-likeness (QED) is 0.844. The maximum absolute atomic E-state index is 13.5. The highest BCUT2D eigenvalue weighted by Crippen LogP contribution is 2.29. The molecule has 0 aliphatic carbocycles.